The minimum atomic E-state index is -2.37. The molecule has 82 valence electrons. The van der Waals surface area contributed by atoms with Crippen LogP contribution in [0.15, 0.2) is 28.7 Å². The van der Waals surface area contributed by atoms with E-state index in [9.17, 15) is 9.18 Å². The first kappa shape index (κ1) is 12.0. The molecule has 0 spiro atoms. The van der Waals surface area contributed by atoms with Crippen molar-refractivity contribution < 1.29 is 19.0 Å². The summed E-state index contributed by atoms with van der Waals surface area (Å²) in [6.45, 7) is 0.457. The smallest absolute Gasteiger partial charge is 0.344 e. The van der Waals surface area contributed by atoms with E-state index in [1.807, 2.05) is 0 Å². The van der Waals surface area contributed by atoms with Gasteiger partial charge in [0.05, 0.1) is 0 Å². The first-order valence-electron chi connectivity index (χ1n) is 4.22. The number of ether oxygens (including phenoxy) is 1. The Bertz CT molecular complexity index is 348. The first-order valence-corrected chi connectivity index (χ1v) is 5.02. The van der Waals surface area contributed by atoms with Crippen molar-refractivity contribution in [1.29, 1.82) is 0 Å². The molecule has 0 heterocycles. The minimum absolute atomic E-state index is 0.434. The summed E-state index contributed by atoms with van der Waals surface area (Å²) < 4.78 is 19.1. The third-order valence-electron chi connectivity index (χ3n) is 1.77. The number of carbonyl (C=O) groups is 1. The van der Waals surface area contributed by atoms with Crippen LogP contribution in [0.5, 0.6) is 5.75 Å². The van der Waals surface area contributed by atoms with Gasteiger partial charge in [0.1, 0.15) is 12.4 Å². The number of rotatable bonds is 4. The Balaban J connectivity index is 2.57. The summed E-state index contributed by atoms with van der Waals surface area (Å²) in [6, 6.07) is 6.71. The van der Waals surface area contributed by atoms with Crippen molar-refractivity contribution in [2.45, 2.75) is 12.6 Å². The molecule has 1 aromatic rings. The van der Waals surface area contributed by atoms with E-state index >= 15 is 0 Å². The summed E-state index contributed by atoms with van der Waals surface area (Å²) in [5, 5.41) is 8.50. The predicted octanol–water partition coefficient (Wildman–Crippen LogP) is 2.64. The minimum Gasteiger partial charge on any atom is -0.490 e. The van der Waals surface area contributed by atoms with Gasteiger partial charge in [0.2, 0.25) is 5.67 Å². The van der Waals surface area contributed by atoms with Gasteiger partial charge in [-0.15, -0.1) is 0 Å². The molecule has 3 nitrogen and oxygen atoms in total. The van der Waals surface area contributed by atoms with Crippen molar-refractivity contribution in [1.82, 2.24) is 0 Å². The summed E-state index contributed by atoms with van der Waals surface area (Å²) in [5.41, 5.74) is -2.37. The topological polar surface area (TPSA) is 46.5 Å². The molecule has 0 aliphatic rings. The summed E-state index contributed by atoms with van der Waals surface area (Å²) in [5.74, 6) is -1.09. The van der Waals surface area contributed by atoms with Crippen LogP contribution in [-0.2, 0) is 4.79 Å². The fourth-order valence-corrected chi connectivity index (χ4v) is 1.08. The van der Waals surface area contributed by atoms with Crippen LogP contribution in [0.25, 0.3) is 0 Å². The molecule has 0 aromatic heterocycles. The van der Waals surface area contributed by atoms with Crippen molar-refractivity contribution in [2.24, 2.45) is 0 Å². The maximum atomic E-state index is 13.2. The van der Waals surface area contributed by atoms with E-state index in [4.69, 9.17) is 9.84 Å². The highest BCUT2D eigenvalue weighted by Crippen LogP contribution is 2.18. The van der Waals surface area contributed by atoms with Crippen LogP contribution in [0.4, 0.5) is 4.39 Å². The third-order valence-corrected chi connectivity index (χ3v) is 2.30. The quantitative estimate of drug-likeness (QED) is 0.920. The van der Waals surface area contributed by atoms with Crippen LogP contribution in [0.2, 0.25) is 0 Å². The number of aliphatic carboxylic acids is 1. The van der Waals surface area contributed by atoms with Gasteiger partial charge in [0.15, 0.2) is 0 Å². The average Bonchev–Trinajstić information content (AvgIpc) is 2.17. The van der Waals surface area contributed by atoms with Gasteiger partial charge in [-0.1, -0.05) is 15.9 Å². The van der Waals surface area contributed by atoms with Crippen molar-refractivity contribution in [3.63, 3.8) is 0 Å². The van der Waals surface area contributed by atoms with Gasteiger partial charge < -0.3 is 9.84 Å². The summed E-state index contributed by atoms with van der Waals surface area (Å²) in [4.78, 5) is 10.4. The van der Waals surface area contributed by atoms with Crippen LogP contribution in [0.1, 0.15) is 6.92 Å². The lowest BCUT2D eigenvalue weighted by atomic mass is 10.1. The molecule has 0 fully saturated rings. The number of carboxylic acid groups (broad SMARTS) is 1. The Morgan fingerprint density at radius 3 is 2.53 bits per heavy atom. The monoisotopic (exact) mass is 276 g/mol. The van der Waals surface area contributed by atoms with E-state index in [-0.39, 0.29) is 0 Å². The lowest BCUT2D eigenvalue weighted by molar-refractivity contribution is -0.151. The van der Waals surface area contributed by atoms with Crippen molar-refractivity contribution in [3.05, 3.63) is 28.7 Å². The standard InChI is InChI=1S/C10H10BrFO3/c1-10(12,9(13)14)6-15-8-4-2-7(11)3-5-8/h2-5H,6H2,1H3,(H,13,14). The van der Waals surface area contributed by atoms with Gasteiger partial charge in [-0.05, 0) is 31.2 Å². The second-order valence-corrected chi connectivity index (χ2v) is 4.16. The van der Waals surface area contributed by atoms with Gasteiger partial charge >= 0.3 is 5.97 Å². The number of benzene rings is 1. The van der Waals surface area contributed by atoms with E-state index in [1.165, 1.54) is 0 Å². The van der Waals surface area contributed by atoms with Gasteiger partial charge in [0.25, 0.3) is 0 Å². The lowest BCUT2D eigenvalue weighted by Gasteiger charge is -2.15. The number of alkyl halides is 1. The molecule has 0 bridgehead atoms. The second-order valence-electron chi connectivity index (χ2n) is 3.25. The van der Waals surface area contributed by atoms with Crippen molar-refractivity contribution in [3.8, 4) is 5.75 Å². The van der Waals surface area contributed by atoms with Gasteiger partial charge in [-0.25, -0.2) is 9.18 Å². The van der Waals surface area contributed by atoms with Crippen LogP contribution >= 0.6 is 15.9 Å². The van der Waals surface area contributed by atoms with E-state index in [1.54, 1.807) is 24.3 Å². The summed E-state index contributed by atoms with van der Waals surface area (Å²) in [6.07, 6.45) is 0. The molecule has 1 rings (SSSR count). The largest absolute Gasteiger partial charge is 0.490 e. The summed E-state index contributed by atoms with van der Waals surface area (Å²) in [7, 11) is 0. The Morgan fingerprint density at radius 1 is 1.53 bits per heavy atom. The van der Waals surface area contributed by atoms with Crippen molar-refractivity contribution in [2.75, 3.05) is 6.61 Å². The SMILES string of the molecule is CC(F)(COc1ccc(Br)cc1)C(=O)O. The van der Waals surface area contributed by atoms with Crippen molar-refractivity contribution >= 4 is 21.9 Å². The van der Waals surface area contributed by atoms with E-state index in [2.05, 4.69) is 15.9 Å². The molecule has 0 aliphatic carbocycles. The number of hydrogen-bond donors (Lipinski definition) is 1. The zero-order chi connectivity index (χ0) is 11.5. The molecule has 0 saturated heterocycles. The normalized spacial score (nSPS) is 14.3. The maximum absolute atomic E-state index is 13.2. The Labute approximate surface area is 95.0 Å². The molecule has 1 atom stereocenters. The molecule has 0 aliphatic heterocycles. The first-order chi connectivity index (χ1) is 6.92. The number of hydrogen-bond acceptors (Lipinski definition) is 2. The van der Waals surface area contributed by atoms with Crippen LogP contribution in [0.3, 0.4) is 0 Å². The molecule has 15 heavy (non-hydrogen) atoms. The van der Waals surface area contributed by atoms with Gasteiger partial charge in [0, 0.05) is 4.47 Å². The zero-order valence-corrected chi connectivity index (χ0v) is 9.62. The van der Waals surface area contributed by atoms with Crippen LogP contribution in [-0.4, -0.2) is 23.4 Å². The third kappa shape index (κ3) is 3.51. The maximum Gasteiger partial charge on any atom is 0.344 e. The Kier molecular flexibility index (Phi) is 3.68. The zero-order valence-electron chi connectivity index (χ0n) is 8.04. The highest BCUT2D eigenvalue weighted by molar-refractivity contribution is 9.10. The van der Waals surface area contributed by atoms with Crippen LogP contribution in [0, 0.1) is 0 Å². The molecule has 1 unspecified atom stereocenters. The molecule has 1 aromatic carbocycles. The molecule has 0 radical (unpaired) electrons. The molecular formula is C10H10BrFO3. The molecule has 0 saturated carbocycles. The van der Waals surface area contributed by atoms with Crippen LogP contribution < -0.4 is 4.74 Å². The fourth-order valence-electron chi connectivity index (χ4n) is 0.811. The second kappa shape index (κ2) is 4.61. The molecule has 1 N–H and O–H groups in total. The van der Waals surface area contributed by atoms with Gasteiger partial charge in [-0.3, -0.25) is 0 Å². The highest BCUT2D eigenvalue weighted by Gasteiger charge is 2.33. The molecular weight excluding hydrogens is 267 g/mol. The predicted molar refractivity (Wildman–Crippen MR) is 56.8 cm³/mol. The Hall–Kier alpha value is -1.10. The Morgan fingerprint density at radius 2 is 2.07 bits per heavy atom. The molecule has 0 amide bonds. The van der Waals surface area contributed by atoms with Gasteiger partial charge in [-0.2, -0.15) is 0 Å². The lowest BCUT2D eigenvalue weighted by Crippen LogP contribution is -2.36. The average molecular weight is 277 g/mol. The fraction of sp³-hybridized carbons (Fsp3) is 0.300. The highest BCUT2D eigenvalue weighted by atomic mass is 79.9. The molecule has 5 heteroatoms. The number of halogens is 2. The van der Waals surface area contributed by atoms with E-state index < -0.39 is 18.2 Å². The van der Waals surface area contributed by atoms with E-state index in [0.717, 1.165) is 11.4 Å². The van der Waals surface area contributed by atoms with E-state index in [0.29, 0.717) is 5.75 Å². The number of carboxylic acids is 1. The summed E-state index contributed by atoms with van der Waals surface area (Å²) >= 11 is 3.24.